The normalized spacial score (nSPS) is 36.9. The van der Waals surface area contributed by atoms with Crippen molar-refractivity contribution in [1.29, 1.82) is 0 Å². The molecular formula is C16H27NO. The molecule has 2 nitrogen and oxygen atoms in total. The molecule has 4 atom stereocenters. The van der Waals surface area contributed by atoms with Crippen LogP contribution >= 0.6 is 0 Å². The Morgan fingerprint density at radius 2 is 2.00 bits per heavy atom. The van der Waals surface area contributed by atoms with E-state index >= 15 is 0 Å². The van der Waals surface area contributed by atoms with E-state index in [1.807, 2.05) is 0 Å². The molecule has 2 saturated carbocycles. The molecule has 0 aromatic rings. The van der Waals surface area contributed by atoms with Crippen molar-refractivity contribution in [2.75, 3.05) is 6.54 Å². The molecule has 1 N–H and O–H groups in total. The van der Waals surface area contributed by atoms with Crippen LogP contribution in [0.1, 0.15) is 52.4 Å². The Bertz CT molecular complexity index is 321. The minimum atomic E-state index is 0.311. The summed E-state index contributed by atoms with van der Waals surface area (Å²) in [5.74, 6) is 3.64. The van der Waals surface area contributed by atoms with Gasteiger partial charge in [-0.3, -0.25) is 4.79 Å². The fourth-order valence-electron chi connectivity index (χ4n) is 4.29. The molecule has 1 saturated heterocycles. The third-order valence-corrected chi connectivity index (χ3v) is 5.30. The lowest BCUT2D eigenvalue weighted by Crippen LogP contribution is -2.41. The van der Waals surface area contributed by atoms with E-state index in [0.717, 1.165) is 31.1 Å². The van der Waals surface area contributed by atoms with Crippen LogP contribution in [0.3, 0.4) is 0 Å². The zero-order valence-electron chi connectivity index (χ0n) is 11.8. The molecule has 0 spiro atoms. The van der Waals surface area contributed by atoms with Crippen molar-refractivity contribution >= 4 is 5.78 Å². The second kappa shape index (κ2) is 4.96. The Labute approximate surface area is 111 Å². The van der Waals surface area contributed by atoms with Crippen molar-refractivity contribution in [3.8, 4) is 0 Å². The van der Waals surface area contributed by atoms with Crippen LogP contribution in [-0.4, -0.2) is 18.4 Å². The summed E-state index contributed by atoms with van der Waals surface area (Å²) >= 11 is 0. The van der Waals surface area contributed by atoms with Crippen LogP contribution in [0.4, 0.5) is 0 Å². The van der Waals surface area contributed by atoms with E-state index < -0.39 is 0 Å². The van der Waals surface area contributed by atoms with Crippen molar-refractivity contribution in [3.05, 3.63) is 0 Å². The molecular weight excluding hydrogens is 222 g/mol. The fraction of sp³-hybridized carbons (Fsp3) is 0.938. The highest BCUT2D eigenvalue weighted by atomic mass is 16.1. The predicted octanol–water partition coefficient (Wildman–Crippen LogP) is 3.02. The quantitative estimate of drug-likeness (QED) is 0.811. The van der Waals surface area contributed by atoms with Gasteiger partial charge in [0, 0.05) is 17.9 Å². The van der Waals surface area contributed by atoms with Gasteiger partial charge in [-0.05, 0) is 56.4 Å². The summed E-state index contributed by atoms with van der Waals surface area (Å²) in [5, 5.41) is 3.71. The number of Topliss-reactive ketones (excluding diaryl/α,β-unsaturated/α-hetero) is 1. The molecule has 2 aliphatic carbocycles. The largest absolute Gasteiger partial charge is 0.313 e. The summed E-state index contributed by atoms with van der Waals surface area (Å²) in [7, 11) is 0. The lowest BCUT2D eigenvalue weighted by molar-refractivity contribution is -0.125. The minimum absolute atomic E-state index is 0.311. The molecule has 1 aliphatic heterocycles. The molecule has 0 radical (unpaired) electrons. The van der Waals surface area contributed by atoms with Crippen molar-refractivity contribution in [3.63, 3.8) is 0 Å². The summed E-state index contributed by atoms with van der Waals surface area (Å²) in [5.41, 5.74) is 0. The molecule has 0 aromatic heterocycles. The van der Waals surface area contributed by atoms with Gasteiger partial charge in [-0.25, -0.2) is 0 Å². The monoisotopic (exact) mass is 249 g/mol. The molecule has 0 aromatic carbocycles. The third kappa shape index (κ3) is 2.36. The first kappa shape index (κ1) is 12.7. The molecule has 4 unspecified atom stereocenters. The predicted molar refractivity (Wildman–Crippen MR) is 73.3 cm³/mol. The van der Waals surface area contributed by atoms with E-state index in [9.17, 15) is 4.79 Å². The average molecular weight is 249 g/mol. The number of carbonyl (C=O) groups excluding carboxylic acids is 1. The summed E-state index contributed by atoms with van der Waals surface area (Å²) < 4.78 is 0. The lowest BCUT2D eigenvalue weighted by atomic mass is 9.78. The van der Waals surface area contributed by atoms with E-state index in [-0.39, 0.29) is 0 Å². The number of ketones is 1. The summed E-state index contributed by atoms with van der Waals surface area (Å²) in [6.45, 7) is 5.68. The molecule has 1 heterocycles. The van der Waals surface area contributed by atoms with Gasteiger partial charge in [-0.15, -0.1) is 0 Å². The summed E-state index contributed by atoms with van der Waals surface area (Å²) in [6, 6.07) is 0.507. The second-order valence-electron chi connectivity index (χ2n) is 7.20. The molecule has 18 heavy (non-hydrogen) atoms. The molecule has 2 heteroatoms. The first-order valence-corrected chi connectivity index (χ1v) is 7.94. The highest BCUT2D eigenvalue weighted by Crippen LogP contribution is 2.44. The van der Waals surface area contributed by atoms with Gasteiger partial charge < -0.3 is 5.32 Å². The van der Waals surface area contributed by atoms with Gasteiger partial charge in [-0.1, -0.05) is 20.3 Å². The van der Waals surface area contributed by atoms with Crippen molar-refractivity contribution in [2.45, 2.75) is 58.4 Å². The zero-order chi connectivity index (χ0) is 12.7. The maximum Gasteiger partial charge on any atom is 0.140 e. The number of rotatable bonds is 5. The van der Waals surface area contributed by atoms with Crippen LogP contribution in [-0.2, 0) is 4.79 Å². The van der Waals surface area contributed by atoms with Crippen molar-refractivity contribution < 1.29 is 4.79 Å². The van der Waals surface area contributed by atoms with Crippen LogP contribution in [0.25, 0.3) is 0 Å². The van der Waals surface area contributed by atoms with Gasteiger partial charge in [-0.2, -0.15) is 0 Å². The van der Waals surface area contributed by atoms with E-state index in [0.29, 0.717) is 29.6 Å². The van der Waals surface area contributed by atoms with Gasteiger partial charge in [0.05, 0.1) is 0 Å². The van der Waals surface area contributed by atoms with Crippen LogP contribution in [0, 0.1) is 29.6 Å². The molecule has 3 aliphatic rings. The van der Waals surface area contributed by atoms with Gasteiger partial charge >= 0.3 is 0 Å². The van der Waals surface area contributed by atoms with E-state index in [4.69, 9.17) is 0 Å². The standard InChI is InChI=1S/C16H27NO/c1-10(2)8-14(16(18)11-6-7-11)15-13-5-3-4-12(13)9-17-15/h10-15,17H,3-9H2,1-2H3. The Hall–Kier alpha value is -0.370. The molecule has 0 amide bonds. The van der Waals surface area contributed by atoms with Gasteiger partial charge in [0.15, 0.2) is 0 Å². The fourth-order valence-corrected chi connectivity index (χ4v) is 4.29. The highest BCUT2D eigenvalue weighted by Gasteiger charge is 2.47. The smallest absolute Gasteiger partial charge is 0.140 e. The minimum Gasteiger partial charge on any atom is -0.313 e. The highest BCUT2D eigenvalue weighted by molar-refractivity contribution is 5.86. The maximum atomic E-state index is 12.6. The Morgan fingerprint density at radius 1 is 1.22 bits per heavy atom. The average Bonchev–Trinajstić information content (AvgIpc) is 2.93. The second-order valence-corrected chi connectivity index (χ2v) is 7.20. The van der Waals surface area contributed by atoms with Gasteiger partial charge in [0.2, 0.25) is 0 Å². The molecule has 3 fully saturated rings. The van der Waals surface area contributed by atoms with Crippen LogP contribution in [0.2, 0.25) is 0 Å². The van der Waals surface area contributed by atoms with Crippen LogP contribution in [0.15, 0.2) is 0 Å². The number of hydrogen-bond donors (Lipinski definition) is 1. The summed E-state index contributed by atoms with van der Waals surface area (Å²) in [6.07, 6.45) is 7.55. The maximum absolute atomic E-state index is 12.6. The molecule has 0 bridgehead atoms. The number of hydrogen-bond acceptors (Lipinski definition) is 2. The SMILES string of the molecule is CC(C)CC(C(=O)C1CC1)C1NCC2CCCC21. The van der Waals surface area contributed by atoms with Gasteiger partial charge in [0.1, 0.15) is 5.78 Å². The Balaban J connectivity index is 1.73. The third-order valence-electron chi connectivity index (χ3n) is 5.30. The first-order chi connectivity index (χ1) is 8.66. The lowest BCUT2D eigenvalue weighted by Gasteiger charge is -2.28. The summed E-state index contributed by atoms with van der Waals surface area (Å²) in [4.78, 5) is 12.6. The first-order valence-electron chi connectivity index (χ1n) is 7.94. The topological polar surface area (TPSA) is 29.1 Å². The number of fused-ring (bicyclic) bond motifs is 1. The Morgan fingerprint density at radius 3 is 2.67 bits per heavy atom. The van der Waals surface area contributed by atoms with E-state index in [2.05, 4.69) is 19.2 Å². The van der Waals surface area contributed by atoms with Crippen molar-refractivity contribution in [2.24, 2.45) is 29.6 Å². The van der Waals surface area contributed by atoms with Crippen molar-refractivity contribution in [1.82, 2.24) is 5.32 Å². The molecule has 3 rings (SSSR count). The number of nitrogens with one attached hydrogen (secondary N) is 1. The van der Waals surface area contributed by atoms with Crippen LogP contribution < -0.4 is 5.32 Å². The van der Waals surface area contributed by atoms with E-state index in [1.54, 1.807) is 0 Å². The van der Waals surface area contributed by atoms with Crippen LogP contribution in [0.5, 0.6) is 0 Å². The molecule has 102 valence electrons. The Kier molecular flexibility index (Phi) is 3.48. The van der Waals surface area contributed by atoms with E-state index in [1.165, 1.54) is 25.8 Å². The number of carbonyl (C=O) groups is 1. The van der Waals surface area contributed by atoms with Gasteiger partial charge in [0.25, 0.3) is 0 Å². The zero-order valence-corrected chi connectivity index (χ0v) is 11.8.